The Labute approximate surface area is 145 Å². The molecule has 1 aromatic heterocycles. The summed E-state index contributed by atoms with van der Waals surface area (Å²) in [4.78, 5) is 7.59. The van der Waals surface area contributed by atoms with E-state index >= 15 is 0 Å². The van der Waals surface area contributed by atoms with E-state index in [2.05, 4.69) is 37.9 Å². The van der Waals surface area contributed by atoms with Crippen molar-refractivity contribution in [3.8, 4) is 5.88 Å². The fraction of sp³-hybridized carbons (Fsp3) is 0.333. The lowest BCUT2D eigenvalue weighted by Crippen LogP contribution is -2.13. The van der Waals surface area contributed by atoms with Crippen molar-refractivity contribution in [3.63, 3.8) is 0 Å². The van der Waals surface area contributed by atoms with Crippen LogP contribution in [0.25, 0.3) is 0 Å². The van der Waals surface area contributed by atoms with E-state index in [1.165, 1.54) is 0 Å². The second kappa shape index (κ2) is 7.80. The van der Waals surface area contributed by atoms with Crippen LogP contribution in [0.1, 0.15) is 25.3 Å². The number of ether oxygens (including phenoxy) is 1. The summed E-state index contributed by atoms with van der Waals surface area (Å²) in [6.07, 6.45) is -2.34. The molecule has 4 nitrogen and oxygen atoms in total. The van der Waals surface area contributed by atoms with Gasteiger partial charge in [0.05, 0.1) is 6.61 Å². The molecule has 0 spiro atoms. The van der Waals surface area contributed by atoms with E-state index < -0.39 is 17.6 Å². The van der Waals surface area contributed by atoms with Crippen LogP contribution in [-0.4, -0.2) is 16.6 Å². The number of nitrogens with zero attached hydrogens (tertiary/aromatic N) is 2. The number of benzene rings is 1. The van der Waals surface area contributed by atoms with Crippen LogP contribution in [0.15, 0.2) is 30.5 Å². The molecule has 2 aromatic rings. The minimum Gasteiger partial charge on any atom is -0.477 e. The molecule has 0 saturated heterocycles. The summed E-state index contributed by atoms with van der Waals surface area (Å²) in [5.74, 6) is -0.389. The van der Waals surface area contributed by atoms with E-state index in [9.17, 15) is 13.2 Å². The Morgan fingerprint density at radius 2 is 1.91 bits per heavy atom. The minimum absolute atomic E-state index is 0.0608. The number of halogens is 4. The van der Waals surface area contributed by atoms with Crippen molar-refractivity contribution in [2.24, 2.45) is 0 Å². The van der Waals surface area contributed by atoms with Gasteiger partial charge in [0.2, 0.25) is 11.8 Å². The molecule has 0 fully saturated rings. The molecule has 0 unspecified atom stereocenters. The summed E-state index contributed by atoms with van der Waals surface area (Å²) in [6, 6.07) is 7.32. The van der Waals surface area contributed by atoms with Crippen molar-refractivity contribution < 1.29 is 17.9 Å². The Morgan fingerprint density at radius 3 is 2.52 bits per heavy atom. The van der Waals surface area contributed by atoms with E-state index in [0.717, 1.165) is 16.2 Å². The Morgan fingerprint density at radius 1 is 1.22 bits per heavy atom. The SMILES string of the molecule is CCCCOc1nc(Nc2ccc(I)cc2)ncc1C(F)(F)F. The second-order valence-corrected chi connectivity index (χ2v) is 5.99. The van der Waals surface area contributed by atoms with Crippen LogP contribution in [0.4, 0.5) is 24.8 Å². The fourth-order valence-electron chi connectivity index (χ4n) is 1.71. The van der Waals surface area contributed by atoms with Crippen LogP contribution in [-0.2, 0) is 6.18 Å². The molecule has 0 aliphatic carbocycles. The third-order valence-corrected chi connectivity index (χ3v) is 3.62. The molecule has 1 aromatic carbocycles. The lowest BCUT2D eigenvalue weighted by atomic mass is 10.3. The van der Waals surface area contributed by atoms with Gasteiger partial charge in [-0.2, -0.15) is 18.2 Å². The monoisotopic (exact) mass is 437 g/mol. The van der Waals surface area contributed by atoms with Crippen molar-refractivity contribution in [3.05, 3.63) is 39.6 Å². The molecule has 0 saturated carbocycles. The van der Waals surface area contributed by atoms with Gasteiger partial charge < -0.3 is 10.1 Å². The highest BCUT2D eigenvalue weighted by atomic mass is 127. The zero-order chi connectivity index (χ0) is 16.9. The van der Waals surface area contributed by atoms with Crippen LogP contribution < -0.4 is 10.1 Å². The molecule has 124 valence electrons. The highest BCUT2D eigenvalue weighted by molar-refractivity contribution is 14.1. The predicted molar refractivity (Wildman–Crippen MR) is 89.9 cm³/mol. The number of rotatable bonds is 6. The number of hydrogen-bond donors (Lipinski definition) is 1. The molecular weight excluding hydrogens is 422 g/mol. The van der Waals surface area contributed by atoms with Crippen molar-refractivity contribution >= 4 is 34.2 Å². The first-order valence-electron chi connectivity index (χ1n) is 6.99. The Bertz CT molecular complexity index is 647. The molecular formula is C15H15F3IN3O. The number of aromatic nitrogens is 2. The average Bonchev–Trinajstić information content (AvgIpc) is 2.49. The Hall–Kier alpha value is -1.58. The van der Waals surface area contributed by atoms with Gasteiger partial charge in [0, 0.05) is 15.5 Å². The van der Waals surface area contributed by atoms with Gasteiger partial charge in [0.25, 0.3) is 0 Å². The summed E-state index contributed by atoms with van der Waals surface area (Å²) in [5, 5.41) is 2.87. The summed E-state index contributed by atoms with van der Waals surface area (Å²) < 4.78 is 45.2. The standard InChI is InChI=1S/C15H15F3IN3O/c1-2-3-8-23-13-12(15(16,17)18)9-20-14(22-13)21-11-6-4-10(19)5-7-11/h4-7,9H,2-3,8H2,1H3,(H,20,21,22). The van der Waals surface area contributed by atoms with Gasteiger partial charge >= 0.3 is 6.18 Å². The third kappa shape index (κ3) is 5.22. The molecule has 1 heterocycles. The maximum atomic E-state index is 13.0. The van der Waals surface area contributed by atoms with Gasteiger partial charge in [-0.25, -0.2) is 4.98 Å². The first-order chi connectivity index (χ1) is 10.9. The number of alkyl halides is 3. The van der Waals surface area contributed by atoms with Crippen molar-refractivity contribution in [2.75, 3.05) is 11.9 Å². The molecule has 0 amide bonds. The van der Waals surface area contributed by atoms with E-state index in [-0.39, 0.29) is 12.6 Å². The van der Waals surface area contributed by atoms with Crippen LogP contribution in [0.5, 0.6) is 5.88 Å². The van der Waals surface area contributed by atoms with E-state index in [1.54, 1.807) is 12.1 Å². The van der Waals surface area contributed by atoms with Gasteiger partial charge in [-0.3, -0.25) is 0 Å². The maximum Gasteiger partial charge on any atom is 0.423 e. The molecule has 0 aliphatic heterocycles. The van der Waals surface area contributed by atoms with E-state index in [1.807, 2.05) is 19.1 Å². The first kappa shape index (κ1) is 17.8. The highest BCUT2D eigenvalue weighted by Crippen LogP contribution is 2.35. The maximum absolute atomic E-state index is 13.0. The number of nitrogens with one attached hydrogen (secondary N) is 1. The fourth-order valence-corrected chi connectivity index (χ4v) is 2.07. The lowest BCUT2D eigenvalue weighted by Gasteiger charge is -2.14. The quantitative estimate of drug-likeness (QED) is 0.509. The predicted octanol–water partition coefficient (Wildman–Crippen LogP) is 5.02. The Kier molecular flexibility index (Phi) is 6.03. The van der Waals surface area contributed by atoms with Gasteiger partial charge in [-0.15, -0.1) is 0 Å². The Balaban J connectivity index is 2.23. The van der Waals surface area contributed by atoms with Gasteiger partial charge in [-0.1, -0.05) is 13.3 Å². The molecule has 2 rings (SSSR count). The van der Waals surface area contributed by atoms with E-state index in [0.29, 0.717) is 12.1 Å². The normalized spacial score (nSPS) is 11.3. The summed E-state index contributed by atoms with van der Waals surface area (Å²) >= 11 is 2.16. The van der Waals surface area contributed by atoms with Gasteiger partial charge in [0.1, 0.15) is 5.56 Å². The average molecular weight is 437 g/mol. The molecule has 23 heavy (non-hydrogen) atoms. The molecule has 0 aliphatic rings. The smallest absolute Gasteiger partial charge is 0.423 e. The molecule has 0 atom stereocenters. The molecule has 0 bridgehead atoms. The highest BCUT2D eigenvalue weighted by Gasteiger charge is 2.36. The number of unbranched alkanes of at least 4 members (excludes halogenated alkanes) is 1. The molecule has 1 N–H and O–H groups in total. The first-order valence-corrected chi connectivity index (χ1v) is 8.07. The molecule has 0 radical (unpaired) electrons. The summed E-state index contributed by atoms with van der Waals surface area (Å²) in [6.45, 7) is 2.11. The minimum atomic E-state index is -4.55. The van der Waals surface area contributed by atoms with Gasteiger partial charge in [0.15, 0.2) is 0 Å². The van der Waals surface area contributed by atoms with Crippen LogP contribution in [0, 0.1) is 3.57 Å². The molecule has 8 heteroatoms. The summed E-state index contributed by atoms with van der Waals surface area (Å²) in [5.41, 5.74) is -0.286. The van der Waals surface area contributed by atoms with Crippen molar-refractivity contribution in [1.82, 2.24) is 9.97 Å². The van der Waals surface area contributed by atoms with Crippen molar-refractivity contribution in [1.29, 1.82) is 0 Å². The van der Waals surface area contributed by atoms with Gasteiger partial charge in [-0.05, 0) is 53.3 Å². The zero-order valence-corrected chi connectivity index (χ0v) is 14.5. The van der Waals surface area contributed by atoms with Crippen LogP contribution >= 0.6 is 22.6 Å². The van der Waals surface area contributed by atoms with Crippen LogP contribution in [0.2, 0.25) is 0 Å². The zero-order valence-electron chi connectivity index (χ0n) is 12.3. The third-order valence-electron chi connectivity index (χ3n) is 2.90. The number of anilines is 2. The van der Waals surface area contributed by atoms with E-state index in [4.69, 9.17) is 4.74 Å². The van der Waals surface area contributed by atoms with Crippen LogP contribution in [0.3, 0.4) is 0 Å². The number of hydrogen-bond acceptors (Lipinski definition) is 4. The second-order valence-electron chi connectivity index (χ2n) is 4.74. The topological polar surface area (TPSA) is 47.0 Å². The largest absolute Gasteiger partial charge is 0.477 e. The summed E-state index contributed by atoms with van der Waals surface area (Å²) in [7, 11) is 0. The lowest BCUT2D eigenvalue weighted by molar-refractivity contribution is -0.139. The van der Waals surface area contributed by atoms with Crippen molar-refractivity contribution in [2.45, 2.75) is 25.9 Å².